The number of rotatable bonds is 14. The SMILES string of the molecule is CCCCc1cc(OC)ccc1COB([O-])OCc1ccc(OC)cc1CCCC.C[N+](C)(C)C. The maximum absolute atomic E-state index is 12.3. The van der Waals surface area contributed by atoms with Gasteiger partial charge in [-0.2, -0.15) is 0 Å². The van der Waals surface area contributed by atoms with Crippen LogP contribution in [0.2, 0.25) is 0 Å². The van der Waals surface area contributed by atoms with E-state index in [-0.39, 0.29) is 13.2 Å². The second kappa shape index (κ2) is 16.6. The van der Waals surface area contributed by atoms with Crippen molar-refractivity contribution < 1.29 is 28.3 Å². The Bertz CT molecular complexity index is 784. The monoisotopic (exact) mass is 487 g/mol. The Labute approximate surface area is 213 Å². The molecule has 6 nitrogen and oxygen atoms in total. The van der Waals surface area contributed by atoms with Gasteiger partial charge in [0.1, 0.15) is 11.5 Å². The number of quaternary nitrogens is 1. The lowest BCUT2D eigenvalue weighted by atomic mass is 10.0. The van der Waals surface area contributed by atoms with E-state index in [1.807, 2.05) is 36.4 Å². The molecule has 0 bridgehead atoms. The largest absolute Gasteiger partial charge is 0.832 e. The van der Waals surface area contributed by atoms with Gasteiger partial charge < -0.3 is 28.3 Å². The number of benzene rings is 2. The second-order valence-corrected chi connectivity index (χ2v) is 10.1. The zero-order valence-electron chi connectivity index (χ0n) is 23.2. The first-order valence-corrected chi connectivity index (χ1v) is 12.6. The van der Waals surface area contributed by atoms with E-state index in [0.29, 0.717) is 0 Å². The van der Waals surface area contributed by atoms with E-state index in [1.54, 1.807) is 14.2 Å². The van der Waals surface area contributed by atoms with Crippen molar-refractivity contribution in [1.29, 1.82) is 0 Å². The van der Waals surface area contributed by atoms with Gasteiger partial charge in [0.15, 0.2) is 0 Å². The van der Waals surface area contributed by atoms with Gasteiger partial charge in [-0.3, -0.25) is 0 Å². The van der Waals surface area contributed by atoms with Crippen LogP contribution < -0.4 is 14.5 Å². The average Bonchev–Trinajstić information content (AvgIpc) is 2.82. The molecule has 2 aromatic carbocycles. The normalized spacial score (nSPS) is 11.0. The fraction of sp³-hybridized carbons (Fsp3) is 0.571. The van der Waals surface area contributed by atoms with Crippen molar-refractivity contribution in [2.75, 3.05) is 42.4 Å². The smallest absolute Gasteiger partial charge is 0.345 e. The molecule has 0 amide bonds. The van der Waals surface area contributed by atoms with Crippen molar-refractivity contribution in [3.8, 4) is 11.5 Å². The maximum Gasteiger partial charge on any atom is 0.345 e. The van der Waals surface area contributed by atoms with E-state index >= 15 is 0 Å². The summed E-state index contributed by atoms with van der Waals surface area (Å²) in [7, 11) is 10.3. The molecule has 0 aliphatic rings. The molecule has 0 radical (unpaired) electrons. The third-order valence-electron chi connectivity index (χ3n) is 5.18. The van der Waals surface area contributed by atoms with Crippen LogP contribution in [0.25, 0.3) is 0 Å². The van der Waals surface area contributed by atoms with Gasteiger partial charge >= 0.3 is 7.32 Å². The van der Waals surface area contributed by atoms with Gasteiger partial charge in [-0.05, 0) is 72.2 Å². The van der Waals surface area contributed by atoms with Gasteiger partial charge in [0, 0.05) is 0 Å². The summed E-state index contributed by atoms with van der Waals surface area (Å²) in [4.78, 5) is 0. The minimum Gasteiger partial charge on any atom is -0.832 e. The van der Waals surface area contributed by atoms with Gasteiger partial charge in [0.2, 0.25) is 0 Å². The van der Waals surface area contributed by atoms with E-state index in [4.69, 9.17) is 18.8 Å². The Hall–Kier alpha value is -2.06. The number of unbranched alkanes of at least 4 members (excludes halogenated alkanes) is 2. The minimum atomic E-state index is -1.53. The van der Waals surface area contributed by atoms with E-state index in [1.165, 1.54) is 0 Å². The highest BCUT2D eigenvalue weighted by molar-refractivity contribution is 6.32. The molecule has 0 saturated carbocycles. The summed E-state index contributed by atoms with van der Waals surface area (Å²) in [6.07, 6.45) is 6.23. The molecule has 2 rings (SSSR count). The van der Waals surface area contributed by atoms with E-state index in [2.05, 4.69) is 42.0 Å². The number of hydrogen-bond acceptors (Lipinski definition) is 5. The van der Waals surface area contributed by atoms with Crippen LogP contribution in [0.4, 0.5) is 0 Å². The first-order chi connectivity index (χ1) is 16.6. The van der Waals surface area contributed by atoms with Crippen molar-refractivity contribution in [2.45, 2.75) is 65.6 Å². The Morgan fingerprint density at radius 2 is 1.06 bits per heavy atom. The first kappa shape index (κ1) is 31.0. The molecular formula is C28H46BNO5. The fourth-order valence-electron chi connectivity index (χ4n) is 3.30. The van der Waals surface area contributed by atoms with Gasteiger partial charge in [-0.1, -0.05) is 38.8 Å². The molecule has 7 heteroatoms. The Balaban J connectivity index is 0.00000111. The van der Waals surface area contributed by atoms with E-state index in [9.17, 15) is 5.02 Å². The fourth-order valence-corrected chi connectivity index (χ4v) is 3.30. The molecule has 196 valence electrons. The summed E-state index contributed by atoms with van der Waals surface area (Å²) >= 11 is 0. The van der Waals surface area contributed by atoms with Crippen LogP contribution in [-0.4, -0.2) is 54.2 Å². The third-order valence-corrected chi connectivity index (χ3v) is 5.18. The third kappa shape index (κ3) is 13.6. The molecule has 0 saturated heterocycles. The van der Waals surface area contributed by atoms with Gasteiger partial charge in [-0.15, -0.1) is 0 Å². The summed E-state index contributed by atoms with van der Waals surface area (Å²) in [5, 5.41) is 12.3. The van der Waals surface area contributed by atoms with Crippen LogP contribution >= 0.6 is 0 Å². The molecule has 0 heterocycles. The number of methoxy groups -OCH3 is 2. The lowest BCUT2D eigenvalue weighted by Gasteiger charge is -2.22. The standard InChI is InChI=1S/C24H34BO5.C4H12N/c1-5-7-9-19-15-23(27-3)13-11-21(19)17-29-25(26)30-18-22-12-14-24(28-4)16-20(22)10-8-6-2;1-5(2,3)4/h11-16H,5-10,17-18H2,1-4H3;1-4H3/q-1;+1. The highest BCUT2D eigenvalue weighted by Crippen LogP contribution is 2.22. The molecule has 35 heavy (non-hydrogen) atoms. The second-order valence-electron chi connectivity index (χ2n) is 10.1. The van der Waals surface area contributed by atoms with Gasteiger partial charge in [0.05, 0.1) is 55.6 Å². The van der Waals surface area contributed by atoms with Crippen molar-refractivity contribution in [3.05, 3.63) is 58.7 Å². The maximum atomic E-state index is 12.3. The van der Waals surface area contributed by atoms with Crippen molar-refractivity contribution in [3.63, 3.8) is 0 Å². The molecule has 0 atom stereocenters. The van der Waals surface area contributed by atoms with Gasteiger partial charge in [-0.25, -0.2) is 0 Å². The Morgan fingerprint density at radius 1 is 0.686 bits per heavy atom. The minimum absolute atomic E-state index is 0.225. The molecule has 0 fully saturated rings. The predicted molar refractivity (Wildman–Crippen MR) is 143 cm³/mol. The molecule has 2 aromatic rings. The molecule has 0 N–H and O–H groups in total. The lowest BCUT2D eigenvalue weighted by Crippen LogP contribution is -2.37. The predicted octanol–water partition coefficient (Wildman–Crippen LogP) is 4.79. The molecule has 0 unspecified atom stereocenters. The van der Waals surface area contributed by atoms with Crippen molar-refractivity contribution in [2.24, 2.45) is 0 Å². The topological polar surface area (TPSA) is 60.0 Å². The summed E-state index contributed by atoms with van der Waals surface area (Å²) in [5.74, 6) is 1.64. The Kier molecular flexibility index (Phi) is 14.7. The van der Waals surface area contributed by atoms with Crippen LogP contribution in [0.1, 0.15) is 61.8 Å². The summed E-state index contributed by atoms with van der Waals surface area (Å²) in [6.45, 7) is 4.77. The van der Waals surface area contributed by atoms with Crippen LogP contribution in [0.3, 0.4) is 0 Å². The molecule has 0 aromatic heterocycles. The number of ether oxygens (including phenoxy) is 2. The lowest BCUT2D eigenvalue weighted by molar-refractivity contribution is -0.849. The molecule has 0 aliphatic heterocycles. The first-order valence-electron chi connectivity index (χ1n) is 12.6. The zero-order chi connectivity index (χ0) is 26.3. The highest BCUT2D eigenvalue weighted by Gasteiger charge is 2.10. The number of nitrogens with zero attached hydrogens (tertiary/aromatic N) is 1. The van der Waals surface area contributed by atoms with E-state index in [0.717, 1.165) is 76.8 Å². The van der Waals surface area contributed by atoms with Crippen molar-refractivity contribution in [1.82, 2.24) is 0 Å². The molecule has 0 spiro atoms. The van der Waals surface area contributed by atoms with Crippen LogP contribution in [-0.2, 0) is 35.4 Å². The van der Waals surface area contributed by atoms with Gasteiger partial charge in [0.25, 0.3) is 0 Å². The average molecular weight is 487 g/mol. The zero-order valence-corrected chi connectivity index (χ0v) is 23.2. The van der Waals surface area contributed by atoms with Crippen molar-refractivity contribution >= 4 is 7.32 Å². The van der Waals surface area contributed by atoms with Crippen LogP contribution in [0.5, 0.6) is 11.5 Å². The summed E-state index contributed by atoms with van der Waals surface area (Å²) in [6, 6.07) is 11.8. The number of aryl methyl sites for hydroxylation is 2. The summed E-state index contributed by atoms with van der Waals surface area (Å²) < 4.78 is 22.6. The Morgan fingerprint density at radius 3 is 1.37 bits per heavy atom. The highest BCUT2D eigenvalue weighted by atomic mass is 16.7. The molecule has 0 aliphatic carbocycles. The summed E-state index contributed by atoms with van der Waals surface area (Å²) in [5.41, 5.74) is 4.31. The quantitative estimate of drug-likeness (QED) is 0.283. The van der Waals surface area contributed by atoms with Crippen LogP contribution in [0, 0.1) is 0 Å². The molecular weight excluding hydrogens is 441 g/mol. The van der Waals surface area contributed by atoms with E-state index < -0.39 is 7.32 Å². The van der Waals surface area contributed by atoms with Crippen LogP contribution in [0.15, 0.2) is 36.4 Å². The number of hydrogen-bond donors (Lipinski definition) is 0.